The van der Waals surface area contributed by atoms with Crippen LogP contribution in [0.3, 0.4) is 0 Å². The summed E-state index contributed by atoms with van der Waals surface area (Å²) < 4.78 is 0. The summed E-state index contributed by atoms with van der Waals surface area (Å²) in [6.07, 6.45) is 4.96. The zero-order valence-corrected chi connectivity index (χ0v) is 15.2. The summed E-state index contributed by atoms with van der Waals surface area (Å²) in [5.74, 6) is 0.197. The minimum absolute atomic E-state index is 0.0774. The summed E-state index contributed by atoms with van der Waals surface area (Å²) in [6, 6.07) is -0.0397. The lowest BCUT2D eigenvalue weighted by atomic mass is 9.85. The number of carbonyl (C=O) groups is 1. The van der Waals surface area contributed by atoms with Gasteiger partial charge in [0, 0.05) is 42.3 Å². The molecule has 0 radical (unpaired) electrons. The maximum absolute atomic E-state index is 12.0. The van der Waals surface area contributed by atoms with Crippen LogP contribution < -0.4 is 10.6 Å². The van der Waals surface area contributed by atoms with Crippen LogP contribution in [0.25, 0.3) is 0 Å². The van der Waals surface area contributed by atoms with Crippen LogP contribution in [0.2, 0.25) is 0 Å². The highest BCUT2D eigenvalue weighted by Gasteiger charge is 2.25. The average Bonchev–Trinajstić information content (AvgIpc) is 2.97. The maximum atomic E-state index is 12.0. The number of urea groups is 1. The van der Waals surface area contributed by atoms with Gasteiger partial charge < -0.3 is 15.7 Å². The molecule has 1 aromatic rings. The molecule has 0 spiro atoms. The predicted molar refractivity (Wildman–Crippen MR) is 93.9 cm³/mol. The molecule has 0 saturated heterocycles. The van der Waals surface area contributed by atoms with Gasteiger partial charge in [-0.15, -0.1) is 11.3 Å². The van der Waals surface area contributed by atoms with Gasteiger partial charge in [0.2, 0.25) is 0 Å². The van der Waals surface area contributed by atoms with Crippen molar-refractivity contribution in [3.05, 3.63) is 16.1 Å². The maximum Gasteiger partial charge on any atom is 0.315 e. The van der Waals surface area contributed by atoms with E-state index >= 15 is 0 Å². The minimum atomic E-state index is -0.137. The summed E-state index contributed by atoms with van der Waals surface area (Å²) in [4.78, 5) is 16.6. The van der Waals surface area contributed by atoms with Gasteiger partial charge in [-0.3, -0.25) is 0 Å². The Morgan fingerprint density at radius 2 is 2.13 bits per heavy atom. The van der Waals surface area contributed by atoms with Crippen LogP contribution >= 0.6 is 11.3 Å². The van der Waals surface area contributed by atoms with Crippen molar-refractivity contribution in [1.29, 1.82) is 0 Å². The summed E-state index contributed by atoms with van der Waals surface area (Å²) in [5.41, 5.74) is 1.11. The molecule has 1 aliphatic rings. The highest BCUT2D eigenvalue weighted by atomic mass is 32.1. The van der Waals surface area contributed by atoms with Crippen LogP contribution in [0.1, 0.15) is 57.2 Å². The predicted octanol–water partition coefficient (Wildman–Crippen LogP) is 2.83. The van der Waals surface area contributed by atoms with Crippen LogP contribution in [0, 0.1) is 5.92 Å². The van der Waals surface area contributed by atoms with E-state index in [2.05, 4.69) is 41.8 Å². The van der Waals surface area contributed by atoms with Gasteiger partial charge in [0.15, 0.2) is 0 Å². The number of aromatic nitrogens is 1. The summed E-state index contributed by atoms with van der Waals surface area (Å²) in [6.45, 7) is 7.20. The second kappa shape index (κ2) is 8.11. The van der Waals surface area contributed by atoms with Crippen LogP contribution in [0.4, 0.5) is 4.79 Å². The second-order valence-corrected chi connectivity index (χ2v) is 8.24. The molecular weight excluding hydrogens is 310 g/mol. The lowest BCUT2D eigenvalue weighted by Crippen LogP contribution is -2.48. The van der Waals surface area contributed by atoms with E-state index in [0.717, 1.165) is 42.8 Å². The molecule has 23 heavy (non-hydrogen) atoms. The third-order valence-corrected chi connectivity index (χ3v) is 5.64. The van der Waals surface area contributed by atoms with Gasteiger partial charge in [-0.1, -0.05) is 33.6 Å². The molecular formula is C17H29N3O2S. The first-order chi connectivity index (χ1) is 10.9. The second-order valence-electron chi connectivity index (χ2n) is 7.38. The fraction of sp³-hybridized carbons (Fsp3) is 0.765. The number of aliphatic hydroxyl groups is 1. The molecule has 3 N–H and O–H groups in total. The fourth-order valence-corrected chi connectivity index (χ4v) is 3.85. The van der Waals surface area contributed by atoms with E-state index in [1.807, 2.05) is 0 Å². The average molecular weight is 340 g/mol. The van der Waals surface area contributed by atoms with Crippen molar-refractivity contribution in [2.45, 2.75) is 64.3 Å². The number of hydrogen-bond acceptors (Lipinski definition) is 4. The number of aliphatic hydroxyl groups excluding tert-OH is 1. The summed E-state index contributed by atoms with van der Waals surface area (Å²) in [5, 5.41) is 18.5. The molecule has 2 rings (SSSR count). The molecule has 6 heteroatoms. The number of thiazole rings is 1. The molecule has 1 heterocycles. The van der Waals surface area contributed by atoms with Crippen LogP contribution in [0.5, 0.6) is 0 Å². The van der Waals surface area contributed by atoms with Crippen molar-refractivity contribution < 1.29 is 9.90 Å². The first kappa shape index (κ1) is 18.2. The van der Waals surface area contributed by atoms with Crippen molar-refractivity contribution in [1.82, 2.24) is 15.6 Å². The molecule has 130 valence electrons. The Hall–Kier alpha value is -1.14. The molecule has 1 saturated carbocycles. The zero-order chi connectivity index (χ0) is 16.9. The summed E-state index contributed by atoms with van der Waals surface area (Å²) >= 11 is 1.68. The van der Waals surface area contributed by atoms with Crippen molar-refractivity contribution in [3.63, 3.8) is 0 Å². The third-order valence-electron chi connectivity index (χ3n) is 4.32. The number of hydrogen-bond donors (Lipinski definition) is 3. The van der Waals surface area contributed by atoms with Gasteiger partial charge in [-0.2, -0.15) is 0 Å². The Kier molecular flexibility index (Phi) is 6.41. The van der Waals surface area contributed by atoms with E-state index in [-0.39, 0.29) is 30.0 Å². The van der Waals surface area contributed by atoms with E-state index in [0.29, 0.717) is 6.54 Å². The normalized spacial score (nSPS) is 21.9. The molecule has 0 aliphatic heterocycles. The topological polar surface area (TPSA) is 74.2 Å². The standard InChI is InChI=1S/C17H29N3O2S/c1-17(2,3)15-19-13(11-23-15)8-9-18-16(22)20-14-7-5-4-6-12(14)10-21/h11-12,14,21H,4-10H2,1-3H3,(H2,18,20,22). The Bertz CT molecular complexity index is 510. The van der Waals surface area contributed by atoms with E-state index in [9.17, 15) is 9.90 Å². The van der Waals surface area contributed by atoms with E-state index in [4.69, 9.17) is 0 Å². The zero-order valence-electron chi connectivity index (χ0n) is 14.4. The van der Waals surface area contributed by atoms with E-state index in [1.54, 1.807) is 11.3 Å². The van der Waals surface area contributed by atoms with E-state index in [1.165, 1.54) is 0 Å². The number of nitrogens with zero attached hydrogens (tertiary/aromatic N) is 1. The minimum Gasteiger partial charge on any atom is -0.396 e. The largest absolute Gasteiger partial charge is 0.396 e. The lowest BCUT2D eigenvalue weighted by Gasteiger charge is -2.30. The Morgan fingerprint density at radius 1 is 1.39 bits per heavy atom. The Balaban J connectivity index is 1.73. The van der Waals surface area contributed by atoms with Crippen molar-refractivity contribution in [2.75, 3.05) is 13.2 Å². The van der Waals surface area contributed by atoms with Crippen molar-refractivity contribution in [3.8, 4) is 0 Å². The van der Waals surface area contributed by atoms with Gasteiger partial charge in [-0.25, -0.2) is 9.78 Å². The van der Waals surface area contributed by atoms with E-state index < -0.39 is 0 Å². The molecule has 1 aromatic heterocycles. The molecule has 1 aliphatic carbocycles. The molecule has 5 nitrogen and oxygen atoms in total. The lowest BCUT2D eigenvalue weighted by molar-refractivity contribution is 0.154. The number of amides is 2. The van der Waals surface area contributed by atoms with Gasteiger partial charge in [0.1, 0.15) is 0 Å². The van der Waals surface area contributed by atoms with Crippen molar-refractivity contribution in [2.24, 2.45) is 5.92 Å². The monoisotopic (exact) mass is 339 g/mol. The smallest absolute Gasteiger partial charge is 0.315 e. The molecule has 2 amide bonds. The van der Waals surface area contributed by atoms with Crippen molar-refractivity contribution >= 4 is 17.4 Å². The fourth-order valence-electron chi connectivity index (χ4n) is 2.91. The Morgan fingerprint density at radius 3 is 2.78 bits per heavy atom. The third kappa shape index (κ3) is 5.46. The quantitative estimate of drug-likeness (QED) is 0.772. The SMILES string of the molecule is CC(C)(C)c1nc(CCNC(=O)NC2CCCCC2CO)cs1. The number of rotatable bonds is 5. The summed E-state index contributed by atoms with van der Waals surface area (Å²) in [7, 11) is 0. The number of nitrogens with one attached hydrogen (secondary N) is 2. The molecule has 0 bridgehead atoms. The van der Waals surface area contributed by atoms with Gasteiger partial charge in [-0.05, 0) is 12.8 Å². The highest BCUT2D eigenvalue weighted by Crippen LogP contribution is 2.25. The van der Waals surface area contributed by atoms with Crippen LogP contribution in [-0.4, -0.2) is 35.3 Å². The first-order valence-electron chi connectivity index (χ1n) is 8.50. The van der Waals surface area contributed by atoms with Gasteiger partial charge >= 0.3 is 6.03 Å². The van der Waals surface area contributed by atoms with Crippen LogP contribution in [-0.2, 0) is 11.8 Å². The first-order valence-corrected chi connectivity index (χ1v) is 9.38. The van der Waals surface area contributed by atoms with Gasteiger partial charge in [0.25, 0.3) is 0 Å². The number of carbonyl (C=O) groups excluding carboxylic acids is 1. The Labute approximate surface area is 142 Å². The molecule has 2 unspecified atom stereocenters. The molecule has 0 aromatic carbocycles. The molecule has 1 fully saturated rings. The van der Waals surface area contributed by atoms with Crippen LogP contribution in [0.15, 0.2) is 5.38 Å². The molecule has 2 atom stereocenters. The van der Waals surface area contributed by atoms with Gasteiger partial charge in [0.05, 0.1) is 10.7 Å². The highest BCUT2D eigenvalue weighted by molar-refractivity contribution is 7.09.